The molecule has 0 aliphatic rings. The summed E-state index contributed by atoms with van der Waals surface area (Å²) in [4.78, 5) is 2.49. The topological polar surface area (TPSA) is 15.3 Å². The van der Waals surface area contributed by atoms with Crippen molar-refractivity contribution in [2.75, 3.05) is 26.7 Å². The second-order valence-corrected chi connectivity index (χ2v) is 6.00. The maximum atomic E-state index is 3.48. The Bertz CT molecular complexity index is 369. The lowest BCUT2D eigenvalue weighted by Gasteiger charge is -2.23. The Kier molecular flexibility index (Phi) is 7.86. The van der Waals surface area contributed by atoms with Gasteiger partial charge in [-0.3, -0.25) is 0 Å². The minimum atomic E-state index is 0.461. The number of hydrogen-bond acceptors (Lipinski definition) is 2. The molecule has 20 heavy (non-hydrogen) atoms. The first-order valence-corrected chi connectivity index (χ1v) is 8.09. The van der Waals surface area contributed by atoms with Gasteiger partial charge in [0.1, 0.15) is 0 Å². The summed E-state index contributed by atoms with van der Waals surface area (Å²) in [6.07, 6.45) is 2.34. The van der Waals surface area contributed by atoms with Crippen LogP contribution in [0.2, 0.25) is 0 Å². The number of benzene rings is 1. The summed E-state index contributed by atoms with van der Waals surface area (Å²) in [6.45, 7) is 12.5. The highest BCUT2D eigenvalue weighted by Gasteiger charge is 2.11. The van der Waals surface area contributed by atoms with Crippen molar-refractivity contribution < 1.29 is 0 Å². The number of hydrogen-bond donors (Lipinski definition) is 1. The van der Waals surface area contributed by atoms with E-state index in [2.05, 4.69) is 69.2 Å². The first kappa shape index (κ1) is 17.2. The van der Waals surface area contributed by atoms with E-state index in [9.17, 15) is 0 Å². The van der Waals surface area contributed by atoms with Gasteiger partial charge in [-0.15, -0.1) is 0 Å². The molecule has 1 atom stereocenters. The van der Waals surface area contributed by atoms with E-state index < -0.39 is 0 Å². The van der Waals surface area contributed by atoms with Gasteiger partial charge in [-0.2, -0.15) is 0 Å². The summed E-state index contributed by atoms with van der Waals surface area (Å²) >= 11 is 0. The molecule has 0 saturated heterocycles. The predicted molar refractivity (Wildman–Crippen MR) is 89.2 cm³/mol. The van der Waals surface area contributed by atoms with Crippen LogP contribution in [0.15, 0.2) is 24.3 Å². The lowest BCUT2D eigenvalue weighted by atomic mass is 9.97. The number of nitrogens with one attached hydrogen (secondary N) is 1. The lowest BCUT2D eigenvalue weighted by Crippen LogP contribution is -2.28. The molecule has 0 aromatic heterocycles. The van der Waals surface area contributed by atoms with E-state index in [4.69, 9.17) is 0 Å². The van der Waals surface area contributed by atoms with Crippen LogP contribution in [0.3, 0.4) is 0 Å². The molecule has 0 amide bonds. The van der Waals surface area contributed by atoms with Gasteiger partial charge in [0.15, 0.2) is 0 Å². The Morgan fingerprint density at radius 2 is 1.85 bits per heavy atom. The predicted octanol–water partition coefficient (Wildman–Crippen LogP) is 3.88. The van der Waals surface area contributed by atoms with Crippen molar-refractivity contribution in [1.29, 1.82) is 0 Å². The van der Waals surface area contributed by atoms with Crippen LogP contribution in [0.5, 0.6) is 0 Å². The molecule has 1 N–H and O–H groups in total. The normalized spacial score (nSPS) is 13.2. The third-order valence-corrected chi connectivity index (χ3v) is 3.97. The number of nitrogens with zero attached hydrogens (tertiary/aromatic N) is 1. The molecular formula is C18H32N2. The van der Waals surface area contributed by atoms with Gasteiger partial charge in [0.05, 0.1) is 0 Å². The summed E-state index contributed by atoms with van der Waals surface area (Å²) in [5.41, 5.74) is 2.89. The van der Waals surface area contributed by atoms with Crippen LogP contribution in [0.1, 0.15) is 51.3 Å². The maximum Gasteiger partial charge on any atom is 0.0329 e. The molecule has 1 rings (SSSR count). The van der Waals surface area contributed by atoms with Gasteiger partial charge < -0.3 is 10.2 Å². The molecule has 0 aliphatic heterocycles. The zero-order chi connectivity index (χ0) is 15.0. The van der Waals surface area contributed by atoms with Gasteiger partial charge in [0.25, 0.3) is 0 Å². The van der Waals surface area contributed by atoms with E-state index in [1.807, 2.05) is 0 Å². The molecular weight excluding hydrogens is 244 g/mol. The van der Waals surface area contributed by atoms with Crippen molar-refractivity contribution in [1.82, 2.24) is 10.2 Å². The first-order chi connectivity index (χ1) is 9.60. The van der Waals surface area contributed by atoms with Gasteiger partial charge in [0, 0.05) is 6.04 Å². The van der Waals surface area contributed by atoms with E-state index in [0.29, 0.717) is 12.0 Å². The van der Waals surface area contributed by atoms with Crippen molar-refractivity contribution in [2.45, 2.75) is 46.6 Å². The second-order valence-electron chi connectivity index (χ2n) is 6.00. The van der Waals surface area contributed by atoms with Crippen molar-refractivity contribution in [2.24, 2.45) is 5.92 Å². The molecule has 2 heteroatoms. The average molecular weight is 276 g/mol. The molecule has 0 heterocycles. The summed E-state index contributed by atoms with van der Waals surface area (Å²) in [5.74, 6) is 0.717. The van der Waals surface area contributed by atoms with E-state index >= 15 is 0 Å². The quantitative estimate of drug-likeness (QED) is 0.736. The zero-order valence-corrected chi connectivity index (χ0v) is 13.9. The smallest absolute Gasteiger partial charge is 0.0329 e. The molecule has 1 aromatic carbocycles. The first-order valence-electron chi connectivity index (χ1n) is 8.09. The molecule has 1 aromatic rings. The minimum absolute atomic E-state index is 0.461. The highest BCUT2D eigenvalue weighted by Crippen LogP contribution is 2.19. The van der Waals surface area contributed by atoms with Gasteiger partial charge >= 0.3 is 0 Å². The van der Waals surface area contributed by atoms with Crippen molar-refractivity contribution in [3.8, 4) is 0 Å². The highest BCUT2D eigenvalue weighted by molar-refractivity contribution is 5.26. The summed E-state index contributed by atoms with van der Waals surface area (Å²) in [6, 6.07) is 9.55. The fourth-order valence-electron chi connectivity index (χ4n) is 2.74. The van der Waals surface area contributed by atoms with Crippen LogP contribution in [0.25, 0.3) is 0 Å². The van der Waals surface area contributed by atoms with Crippen LogP contribution in [0, 0.1) is 5.92 Å². The van der Waals surface area contributed by atoms with Crippen molar-refractivity contribution in [3.05, 3.63) is 35.4 Å². The third-order valence-electron chi connectivity index (χ3n) is 3.97. The molecule has 0 saturated carbocycles. The fourth-order valence-corrected chi connectivity index (χ4v) is 2.74. The van der Waals surface area contributed by atoms with Crippen LogP contribution in [0.4, 0.5) is 0 Å². The second kappa shape index (κ2) is 9.15. The zero-order valence-electron chi connectivity index (χ0n) is 13.9. The Hall–Kier alpha value is -0.860. The van der Waals surface area contributed by atoms with Crippen LogP contribution in [-0.2, 0) is 6.42 Å². The summed E-state index contributed by atoms with van der Waals surface area (Å²) in [5, 5.41) is 3.48. The average Bonchev–Trinajstić information content (AvgIpc) is 2.43. The molecule has 0 radical (unpaired) electrons. The Morgan fingerprint density at radius 3 is 2.40 bits per heavy atom. The SMILES string of the molecule is CCN(CC)CCC(NC)c1cccc(CC(C)C)c1. The lowest BCUT2D eigenvalue weighted by molar-refractivity contribution is 0.284. The molecule has 0 bridgehead atoms. The molecule has 0 fully saturated rings. The largest absolute Gasteiger partial charge is 0.313 e. The van der Waals surface area contributed by atoms with Crippen LogP contribution in [-0.4, -0.2) is 31.6 Å². The van der Waals surface area contributed by atoms with E-state index in [0.717, 1.165) is 19.6 Å². The fraction of sp³-hybridized carbons (Fsp3) is 0.667. The minimum Gasteiger partial charge on any atom is -0.313 e. The van der Waals surface area contributed by atoms with Crippen LogP contribution < -0.4 is 5.32 Å². The third kappa shape index (κ3) is 5.64. The van der Waals surface area contributed by atoms with E-state index in [1.165, 1.54) is 24.0 Å². The molecule has 114 valence electrons. The number of rotatable bonds is 9. The molecule has 0 spiro atoms. The molecule has 2 nitrogen and oxygen atoms in total. The summed E-state index contributed by atoms with van der Waals surface area (Å²) < 4.78 is 0. The van der Waals surface area contributed by atoms with Gasteiger partial charge in [-0.25, -0.2) is 0 Å². The van der Waals surface area contributed by atoms with Crippen molar-refractivity contribution >= 4 is 0 Å². The van der Waals surface area contributed by atoms with Gasteiger partial charge in [-0.1, -0.05) is 52.0 Å². The van der Waals surface area contributed by atoms with Gasteiger partial charge in [-0.05, 0) is 56.6 Å². The Labute approximate surface area is 125 Å². The summed E-state index contributed by atoms with van der Waals surface area (Å²) in [7, 11) is 2.07. The monoisotopic (exact) mass is 276 g/mol. The van der Waals surface area contributed by atoms with Crippen molar-refractivity contribution in [3.63, 3.8) is 0 Å². The highest BCUT2D eigenvalue weighted by atomic mass is 15.1. The molecule has 0 aliphatic carbocycles. The van der Waals surface area contributed by atoms with E-state index in [1.54, 1.807) is 0 Å². The van der Waals surface area contributed by atoms with Crippen LogP contribution >= 0.6 is 0 Å². The van der Waals surface area contributed by atoms with E-state index in [-0.39, 0.29) is 0 Å². The maximum absolute atomic E-state index is 3.48. The van der Waals surface area contributed by atoms with Gasteiger partial charge in [0.2, 0.25) is 0 Å². The Balaban J connectivity index is 2.69. The molecule has 1 unspecified atom stereocenters. The Morgan fingerprint density at radius 1 is 1.15 bits per heavy atom. The standard InChI is InChI=1S/C18H32N2/c1-6-20(7-2)12-11-18(19-5)17-10-8-9-16(14-17)13-15(3)4/h8-10,14-15,18-19H,6-7,11-13H2,1-5H3.